The standard InChI is InChI=1S/C12H11ClIN/c1-8(6-14)10-4-9-2-3-11(13)5-12(9)15-7-10/h2-5,7-8H,6H2,1H3. The Morgan fingerprint density at radius 3 is 2.93 bits per heavy atom. The molecule has 0 N–H and O–H groups in total. The summed E-state index contributed by atoms with van der Waals surface area (Å²) < 4.78 is 1.11. The molecule has 0 aliphatic carbocycles. The second kappa shape index (κ2) is 4.66. The van der Waals surface area contributed by atoms with Gasteiger partial charge in [0.15, 0.2) is 0 Å². The summed E-state index contributed by atoms with van der Waals surface area (Å²) in [7, 11) is 0. The van der Waals surface area contributed by atoms with Crippen LogP contribution in [0.4, 0.5) is 0 Å². The highest BCUT2D eigenvalue weighted by atomic mass is 127. The Kier molecular flexibility index (Phi) is 3.46. The number of halogens is 2. The summed E-state index contributed by atoms with van der Waals surface area (Å²) in [6, 6.07) is 8.02. The fourth-order valence-electron chi connectivity index (χ4n) is 1.47. The van der Waals surface area contributed by atoms with E-state index in [2.05, 4.69) is 40.6 Å². The number of rotatable bonds is 2. The molecule has 0 saturated heterocycles. The van der Waals surface area contributed by atoms with Gasteiger partial charge in [0.2, 0.25) is 0 Å². The van der Waals surface area contributed by atoms with Crippen LogP contribution in [0.5, 0.6) is 0 Å². The van der Waals surface area contributed by atoms with Crippen LogP contribution in [-0.2, 0) is 0 Å². The van der Waals surface area contributed by atoms with E-state index in [1.54, 1.807) is 0 Å². The number of hydrogen-bond acceptors (Lipinski definition) is 1. The molecule has 0 bridgehead atoms. The highest BCUT2D eigenvalue weighted by Crippen LogP contribution is 2.23. The second-order valence-corrected chi connectivity index (χ2v) is 4.98. The quantitative estimate of drug-likeness (QED) is 0.586. The van der Waals surface area contributed by atoms with Gasteiger partial charge in [-0.2, -0.15) is 0 Å². The van der Waals surface area contributed by atoms with Crippen LogP contribution in [0.1, 0.15) is 18.4 Å². The first-order chi connectivity index (χ1) is 7.20. The molecular weight excluding hydrogens is 320 g/mol. The summed E-state index contributed by atoms with van der Waals surface area (Å²) >= 11 is 8.30. The molecule has 78 valence electrons. The van der Waals surface area contributed by atoms with Gasteiger partial charge in [-0.15, -0.1) is 0 Å². The minimum absolute atomic E-state index is 0.554. The van der Waals surface area contributed by atoms with Gasteiger partial charge in [-0.25, -0.2) is 0 Å². The minimum atomic E-state index is 0.554. The van der Waals surface area contributed by atoms with Crippen LogP contribution in [0, 0.1) is 0 Å². The zero-order valence-corrected chi connectivity index (χ0v) is 11.3. The Labute approximate surface area is 108 Å². The van der Waals surface area contributed by atoms with Gasteiger partial charge in [-0.3, -0.25) is 4.98 Å². The van der Waals surface area contributed by atoms with E-state index >= 15 is 0 Å². The number of fused-ring (bicyclic) bond motifs is 1. The van der Waals surface area contributed by atoms with E-state index < -0.39 is 0 Å². The molecule has 1 heterocycles. The normalized spacial score (nSPS) is 13.0. The van der Waals surface area contributed by atoms with Gasteiger partial charge in [0.1, 0.15) is 0 Å². The fraction of sp³-hybridized carbons (Fsp3) is 0.250. The first kappa shape index (κ1) is 11.1. The van der Waals surface area contributed by atoms with Crippen LogP contribution in [0.3, 0.4) is 0 Å². The maximum absolute atomic E-state index is 5.91. The predicted octanol–water partition coefficient (Wildman–Crippen LogP) is 4.43. The van der Waals surface area contributed by atoms with Crippen molar-refractivity contribution in [3.05, 3.63) is 41.0 Å². The third kappa shape index (κ3) is 2.42. The maximum atomic E-state index is 5.91. The first-order valence-corrected chi connectivity index (χ1v) is 6.72. The van der Waals surface area contributed by atoms with E-state index in [0.717, 1.165) is 20.4 Å². The van der Waals surface area contributed by atoms with Gasteiger partial charge in [-0.1, -0.05) is 47.2 Å². The lowest BCUT2D eigenvalue weighted by Crippen LogP contribution is -1.95. The van der Waals surface area contributed by atoms with Crippen molar-refractivity contribution < 1.29 is 0 Å². The molecule has 1 unspecified atom stereocenters. The summed E-state index contributed by atoms with van der Waals surface area (Å²) in [5.74, 6) is 0.554. The Balaban J connectivity index is 2.52. The van der Waals surface area contributed by atoms with Crippen LogP contribution < -0.4 is 0 Å². The van der Waals surface area contributed by atoms with Crippen LogP contribution in [0.25, 0.3) is 10.9 Å². The van der Waals surface area contributed by atoms with E-state index in [1.165, 1.54) is 5.56 Å². The van der Waals surface area contributed by atoms with Gasteiger partial charge in [0, 0.05) is 21.0 Å². The molecule has 0 aliphatic heterocycles. The molecular formula is C12H11ClIN. The average molecular weight is 332 g/mol. The van der Waals surface area contributed by atoms with Gasteiger partial charge in [-0.05, 0) is 29.7 Å². The number of nitrogens with zero attached hydrogens (tertiary/aromatic N) is 1. The van der Waals surface area contributed by atoms with E-state index in [0.29, 0.717) is 5.92 Å². The highest BCUT2D eigenvalue weighted by molar-refractivity contribution is 14.1. The Morgan fingerprint density at radius 2 is 2.20 bits per heavy atom. The summed E-state index contributed by atoms with van der Waals surface area (Å²) in [6.45, 7) is 2.21. The van der Waals surface area contributed by atoms with Crippen LogP contribution >= 0.6 is 34.2 Å². The largest absolute Gasteiger partial charge is 0.256 e. The smallest absolute Gasteiger partial charge is 0.0716 e. The number of hydrogen-bond donors (Lipinski definition) is 0. The van der Waals surface area contributed by atoms with Gasteiger partial charge in [0.25, 0.3) is 0 Å². The number of benzene rings is 1. The Morgan fingerprint density at radius 1 is 1.40 bits per heavy atom. The lowest BCUT2D eigenvalue weighted by Gasteiger charge is -2.08. The third-order valence-electron chi connectivity index (χ3n) is 2.47. The number of alkyl halides is 1. The molecule has 1 aromatic carbocycles. The molecule has 2 aromatic rings. The predicted molar refractivity (Wildman–Crippen MR) is 74.1 cm³/mol. The zero-order chi connectivity index (χ0) is 10.8. The van der Waals surface area contributed by atoms with E-state index in [4.69, 9.17) is 11.6 Å². The molecule has 0 saturated carbocycles. The molecule has 1 nitrogen and oxygen atoms in total. The molecule has 3 heteroatoms. The van der Waals surface area contributed by atoms with E-state index in [-0.39, 0.29) is 0 Å². The summed E-state index contributed by atoms with van der Waals surface area (Å²) in [6.07, 6.45) is 1.95. The molecule has 1 aromatic heterocycles. The molecule has 0 radical (unpaired) electrons. The maximum Gasteiger partial charge on any atom is 0.0716 e. The lowest BCUT2D eigenvalue weighted by atomic mass is 10.0. The van der Waals surface area contributed by atoms with E-state index in [1.807, 2.05) is 24.4 Å². The van der Waals surface area contributed by atoms with Crippen molar-refractivity contribution in [1.29, 1.82) is 0 Å². The Hall–Kier alpha value is -0.350. The molecule has 0 aliphatic rings. The van der Waals surface area contributed by atoms with E-state index in [9.17, 15) is 0 Å². The van der Waals surface area contributed by atoms with Gasteiger partial charge >= 0.3 is 0 Å². The highest BCUT2D eigenvalue weighted by Gasteiger charge is 2.05. The fourth-order valence-corrected chi connectivity index (χ4v) is 2.15. The van der Waals surface area contributed by atoms with Crippen molar-refractivity contribution in [3.63, 3.8) is 0 Å². The van der Waals surface area contributed by atoms with Crippen LogP contribution in [0.2, 0.25) is 5.02 Å². The van der Waals surface area contributed by atoms with Gasteiger partial charge < -0.3 is 0 Å². The molecule has 2 rings (SSSR count). The second-order valence-electron chi connectivity index (χ2n) is 3.66. The van der Waals surface area contributed by atoms with Crippen LogP contribution in [0.15, 0.2) is 30.5 Å². The van der Waals surface area contributed by atoms with Crippen molar-refractivity contribution in [2.45, 2.75) is 12.8 Å². The molecule has 0 fully saturated rings. The van der Waals surface area contributed by atoms with Crippen molar-refractivity contribution in [1.82, 2.24) is 4.98 Å². The molecule has 0 amide bonds. The molecule has 15 heavy (non-hydrogen) atoms. The van der Waals surface area contributed by atoms with Crippen molar-refractivity contribution in [2.75, 3.05) is 4.43 Å². The summed E-state index contributed by atoms with van der Waals surface area (Å²) in [5.41, 5.74) is 2.26. The molecule has 1 atom stereocenters. The lowest BCUT2D eigenvalue weighted by molar-refractivity contribution is 0.890. The van der Waals surface area contributed by atoms with Crippen LogP contribution in [-0.4, -0.2) is 9.41 Å². The zero-order valence-electron chi connectivity index (χ0n) is 8.37. The molecule has 0 spiro atoms. The first-order valence-electron chi connectivity index (χ1n) is 4.82. The van der Waals surface area contributed by atoms with Crippen molar-refractivity contribution >= 4 is 45.1 Å². The van der Waals surface area contributed by atoms with Crippen molar-refractivity contribution in [2.24, 2.45) is 0 Å². The number of aromatic nitrogens is 1. The van der Waals surface area contributed by atoms with Gasteiger partial charge in [0.05, 0.1) is 5.52 Å². The monoisotopic (exact) mass is 331 g/mol. The SMILES string of the molecule is CC(CI)c1cnc2cc(Cl)ccc2c1. The average Bonchev–Trinajstić information content (AvgIpc) is 2.27. The van der Waals surface area contributed by atoms with Crippen molar-refractivity contribution in [3.8, 4) is 0 Å². The summed E-state index contributed by atoms with van der Waals surface area (Å²) in [5, 5.41) is 1.90. The summed E-state index contributed by atoms with van der Waals surface area (Å²) in [4.78, 5) is 4.42. The topological polar surface area (TPSA) is 12.9 Å². The minimum Gasteiger partial charge on any atom is -0.256 e. The Bertz CT molecular complexity index is 484. The number of pyridine rings is 1. The third-order valence-corrected chi connectivity index (χ3v) is 4.02.